The van der Waals surface area contributed by atoms with E-state index in [1.165, 1.54) is 13.2 Å². The molecule has 0 bridgehead atoms. The van der Waals surface area contributed by atoms with E-state index in [0.717, 1.165) is 0 Å². The molecule has 0 radical (unpaired) electrons. The zero-order valence-electron chi connectivity index (χ0n) is 13.1. The van der Waals surface area contributed by atoms with Crippen molar-refractivity contribution in [2.75, 3.05) is 7.11 Å². The predicted octanol–water partition coefficient (Wildman–Crippen LogP) is 3.92. The number of hydrogen-bond donors (Lipinski definition) is 3. The molecule has 0 amide bonds. The molecule has 3 atom stereocenters. The summed E-state index contributed by atoms with van der Waals surface area (Å²) in [6.45, 7) is 0. The van der Waals surface area contributed by atoms with Crippen molar-refractivity contribution in [1.82, 2.24) is 10.9 Å². The molecule has 4 nitrogen and oxygen atoms in total. The molecule has 1 aliphatic rings. The fraction of sp³-hybridized carbons (Fsp3) is 0.294. The van der Waals surface area contributed by atoms with Gasteiger partial charge in [-0.2, -0.15) is 13.2 Å². The lowest BCUT2D eigenvalue weighted by Gasteiger charge is -2.26. The maximum atomic E-state index is 13.5. The third-order valence-electron chi connectivity index (χ3n) is 4.29. The van der Waals surface area contributed by atoms with Gasteiger partial charge < -0.3 is 9.84 Å². The number of benzene rings is 2. The lowest BCUT2D eigenvalue weighted by atomic mass is 9.83. The Hall–Kier alpha value is -1.96. The van der Waals surface area contributed by atoms with Crippen LogP contribution in [0.4, 0.5) is 13.2 Å². The molecule has 134 valence electrons. The van der Waals surface area contributed by atoms with Crippen LogP contribution in [0.5, 0.6) is 11.5 Å². The molecule has 0 aromatic heterocycles. The van der Waals surface area contributed by atoms with Gasteiger partial charge in [0.2, 0.25) is 0 Å². The number of hydrogen-bond acceptors (Lipinski definition) is 4. The Labute approximate surface area is 147 Å². The molecule has 1 heterocycles. The van der Waals surface area contributed by atoms with E-state index in [1.807, 2.05) is 0 Å². The maximum absolute atomic E-state index is 13.5. The Morgan fingerprint density at radius 2 is 1.76 bits per heavy atom. The van der Waals surface area contributed by atoms with E-state index in [1.54, 1.807) is 36.4 Å². The van der Waals surface area contributed by atoms with Crippen LogP contribution in [0.3, 0.4) is 0 Å². The van der Waals surface area contributed by atoms with Gasteiger partial charge in [0.15, 0.2) is 0 Å². The molecule has 1 fully saturated rings. The van der Waals surface area contributed by atoms with Gasteiger partial charge in [-0.25, -0.2) is 10.9 Å². The van der Waals surface area contributed by atoms with Crippen LogP contribution in [-0.2, 0) is 0 Å². The van der Waals surface area contributed by atoms with Crippen LogP contribution in [0.1, 0.15) is 23.1 Å². The van der Waals surface area contributed by atoms with Crippen LogP contribution in [-0.4, -0.2) is 24.4 Å². The second-order valence-corrected chi connectivity index (χ2v) is 6.22. The molecule has 3 N–H and O–H groups in total. The van der Waals surface area contributed by atoms with Crippen molar-refractivity contribution in [2.24, 2.45) is 0 Å². The average molecular weight is 373 g/mol. The summed E-state index contributed by atoms with van der Waals surface area (Å²) in [5.74, 6) is -0.695. The highest BCUT2D eigenvalue weighted by Crippen LogP contribution is 2.45. The topological polar surface area (TPSA) is 53.5 Å². The summed E-state index contributed by atoms with van der Waals surface area (Å²) in [5, 5.41) is 10.7. The SMILES string of the molecule is COc1ccc(C2NNC(C(F)(F)F)C2c2ccc(Cl)cc2)c(O)c1. The summed E-state index contributed by atoms with van der Waals surface area (Å²) in [6, 6.07) is 8.16. The minimum Gasteiger partial charge on any atom is -0.507 e. The average Bonchev–Trinajstić information content (AvgIpc) is 3.00. The molecule has 8 heteroatoms. The van der Waals surface area contributed by atoms with Gasteiger partial charge >= 0.3 is 6.18 Å². The predicted molar refractivity (Wildman–Crippen MR) is 87.7 cm³/mol. The number of nitrogens with one attached hydrogen (secondary N) is 2. The quantitative estimate of drug-likeness (QED) is 0.764. The Bertz CT molecular complexity index is 753. The van der Waals surface area contributed by atoms with E-state index in [9.17, 15) is 18.3 Å². The van der Waals surface area contributed by atoms with E-state index >= 15 is 0 Å². The fourth-order valence-corrected chi connectivity index (χ4v) is 3.22. The highest BCUT2D eigenvalue weighted by atomic mass is 35.5. The third kappa shape index (κ3) is 3.53. The van der Waals surface area contributed by atoms with Gasteiger partial charge in [-0.05, 0) is 23.8 Å². The molecule has 0 spiro atoms. The second kappa shape index (κ2) is 6.74. The van der Waals surface area contributed by atoms with Crippen molar-refractivity contribution >= 4 is 11.6 Å². The van der Waals surface area contributed by atoms with Crippen molar-refractivity contribution in [3.8, 4) is 11.5 Å². The number of ether oxygens (including phenoxy) is 1. The maximum Gasteiger partial charge on any atom is 0.405 e. The van der Waals surface area contributed by atoms with Gasteiger partial charge in [0.25, 0.3) is 0 Å². The minimum absolute atomic E-state index is 0.138. The number of aromatic hydroxyl groups is 1. The van der Waals surface area contributed by atoms with Crippen molar-refractivity contribution in [3.63, 3.8) is 0 Å². The van der Waals surface area contributed by atoms with E-state index in [0.29, 0.717) is 21.9 Å². The van der Waals surface area contributed by atoms with Crippen molar-refractivity contribution in [3.05, 3.63) is 58.6 Å². The van der Waals surface area contributed by atoms with Gasteiger partial charge in [0.05, 0.1) is 13.2 Å². The molecule has 25 heavy (non-hydrogen) atoms. The number of phenolic OH excluding ortho intramolecular Hbond substituents is 1. The molecule has 0 aliphatic carbocycles. The first kappa shape index (κ1) is 17.8. The number of rotatable bonds is 3. The first-order chi connectivity index (χ1) is 11.8. The molecular weight excluding hydrogens is 357 g/mol. The first-order valence-electron chi connectivity index (χ1n) is 7.51. The highest BCUT2D eigenvalue weighted by Gasteiger charge is 2.52. The van der Waals surface area contributed by atoms with Gasteiger partial charge in [0, 0.05) is 22.6 Å². The van der Waals surface area contributed by atoms with Crippen LogP contribution in [0, 0.1) is 0 Å². The van der Waals surface area contributed by atoms with E-state index < -0.39 is 24.2 Å². The van der Waals surface area contributed by atoms with Crippen LogP contribution in [0.2, 0.25) is 5.02 Å². The van der Waals surface area contributed by atoms with Crippen LogP contribution in [0.25, 0.3) is 0 Å². The van der Waals surface area contributed by atoms with Crippen LogP contribution in [0.15, 0.2) is 42.5 Å². The monoisotopic (exact) mass is 372 g/mol. The van der Waals surface area contributed by atoms with E-state index in [-0.39, 0.29) is 5.75 Å². The Morgan fingerprint density at radius 1 is 1.08 bits per heavy atom. The standard InChI is InChI=1S/C17H16ClF3N2O2/c1-25-11-6-7-12(13(24)8-11)15-14(9-2-4-10(18)5-3-9)16(23-22-15)17(19,20)21/h2-8,14-16,22-24H,1H3. The molecular formula is C17H16ClF3N2O2. The summed E-state index contributed by atoms with van der Waals surface area (Å²) in [7, 11) is 1.44. The third-order valence-corrected chi connectivity index (χ3v) is 4.54. The lowest BCUT2D eigenvalue weighted by molar-refractivity contribution is -0.156. The fourth-order valence-electron chi connectivity index (χ4n) is 3.09. The van der Waals surface area contributed by atoms with Gasteiger partial charge in [-0.15, -0.1) is 0 Å². The number of hydrazine groups is 1. The molecule has 2 aromatic carbocycles. The molecule has 0 saturated carbocycles. The summed E-state index contributed by atoms with van der Waals surface area (Å²) in [4.78, 5) is 0. The van der Waals surface area contributed by atoms with E-state index in [2.05, 4.69) is 10.9 Å². The number of alkyl halides is 3. The summed E-state index contributed by atoms with van der Waals surface area (Å²) >= 11 is 5.85. The van der Waals surface area contributed by atoms with E-state index in [4.69, 9.17) is 16.3 Å². The number of halogens is 4. The van der Waals surface area contributed by atoms with Gasteiger partial charge in [-0.3, -0.25) is 0 Å². The Kier molecular flexibility index (Phi) is 4.81. The summed E-state index contributed by atoms with van der Waals surface area (Å²) in [5.41, 5.74) is 5.79. The Balaban J connectivity index is 2.04. The van der Waals surface area contributed by atoms with Gasteiger partial charge in [0.1, 0.15) is 17.5 Å². The molecule has 1 saturated heterocycles. The Morgan fingerprint density at radius 3 is 2.32 bits per heavy atom. The van der Waals surface area contributed by atoms with Crippen molar-refractivity contribution < 1.29 is 23.0 Å². The zero-order chi connectivity index (χ0) is 18.2. The molecule has 3 unspecified atom stereocenters. The lowest BCUT2D eigenvalue weighted by Crippen LogP contribution is -2.43. The first-order valence-corrected chi connectivity index (χ1v) is 7.89. The van der Waals surface area contributed by atoms with Crippen LogP contribution < -0.4 is 15.6 Å². The van der Waals surface area contributed by atoms with Crippen molar-refractivity contribution in [2.45, 2.75) is 24.2 Å². The second-order valence-electron chi connectivity index (χ2n) is 5.79. The molecule has 1 aliphatic heterocycles. The smallest absolute Gasteiger partial charge is 0.405 e. The van der Waals surface area contributed by atoms with Crippen molar-refractivity contribution in [1.29, 1.82) is 0 Å². The number of phenols is 1. The largest absolute Gasteiger partial charge is 0.507 e. The van der Waals surface area contributed by atoms with Gasteiger partial charge in [-0.1, -0.05) is 29.8 Å². The summed E-state index contributed by atoms with van der Waals surface area (Å²) in [6.07, 6.45) is -4.46. The normalized spacial score (nSPS) is 23.6. The number of methoxy groups -OCH3 is 1. The highest BCUT2D eigenvalue weighted by molar-refractivity contribution is 6.30. The zero-order valence-corrected chi connectivity index (χ0v) is 13.9. The summed E-state index contributed by atoms with van der Waals surface area (Å²) < 4.78 is 45.4. The molecule has 3 rings (SSSR count). The minimum atomic E-state index is -4.46. The van der Waals surface area contributed by atoms with Crippen LogP contribution >= 0.6 is 11.6 Å². The molecule has 2 aromatic rings.